The molecule has 0 unspecified atom stereocenters. The number of benzene rings is 1. The third-order valence-corrected chi connectivity index (χ3v) is 4.04. The van der Waals surface area contributed by atoms with E-state index in [2.05, 4.69) is 15.4 Å². The second-order valence-electron chi connectivity index (χ2n) is 3.97. The Bertz CT molecular complexity index is 585. The molecule has 1 aromatic heterocycles. The van der Waals surface area contributed by atoms with E-state index in [-0.39, 0.29) is 0 Å². The molecule has 0 saturated heterocycles. The van der Waals surface area contributed by atoms with Crippen molar-refractivity contribution < 1.29 is 0 Å². The number of hydrogen-bond acceptors (Lipinski definition) is 5. The topological polar surface area (TPSA) is 63.8 Å². The van der Waals surface area contributed by atoms with E-state index in [4.69, 9.17) is 17.4 Å². The molecule has 18 heavy (non-hydrogen) atoms. The molecule has 1 aliphatic rings. The molecule has 4 nitrogen and oxygen atoms in total. The molecule has 2 heterocycles. The fraction of sp³-hybridized carbons (Fsp3) is 0.167. The van der Waals surface area contributed by atoms with Gasteiger partial charge < -0.3 is 5.43 Å². The Kier molecular flexibility index (Phi) is 3.11. The Morgan fingerprint density at radius 2 is 1.94 bits per heavy atom. The third-order valence-electron chi connectivity index (χ3n) is 2.82. The van der Waals surface area contributed by atoms with E-state index < -0.39 is 0 Å². The van der Waals surface area contributed by atoms with Crippen LogP contribution in [0.3, 0.4) is 0 Å². The summed E-state index contributed by atoms with van der Waals surface area (Å²) in [5.74, 6) is 8.74. The largest absolute Gasteiger partial charge is 0.308 e. The third kappa shape index (κ3) is 2.05. The molecule has 0 saturated carbocycles. The summed E-state index contributed by atoms with van der Waals surface area (Å²) in [6.07, 6.45) is 0. The van der Waals surface area contributed by atoms with Crippen LogP contribution in [0.15, 0.2) is 24.3 Å². The number of anilines is 1. The number of nitrogens with zero attached hydrogens (tertiary/aromatic N) is 2. The maximum Gasteiger partial charge on any atom is 0.161 e. The molecule has 0 fully saturated rings. The summed E-state index contributed by atoms with van der Waals surface area (Å²) in [6.45, 7) is 0. The molecular weight excluding hydrogens is 268 g/mol. The number of halogens is 1. The molecule has 0 spiro atoms. The highest BCUT2D eigenvalue weighted by molar-refractivity contribution is 7.98. The van der Waals surface area contributed by atoms with Crippen LogP contribution in [0.4, 0.5) is 5.82 Å². The highest BCUT2D eigenvalue weighted by Gasteiger charge is 2.19. The van der Waals surface area contributed by atoms with Gasteiger partial charge in [-0.1, -0.05) is 11.6 Å². The van der Waals surface area contributed by atoms with E-state index in [1.807, 2.05) is 36.0 Å². The van der Waals surface area contributed by atoms with Crippen LogP contribution in [-0.2, 0) is 11.5 Å². The van der Waals surface area contributed by atoms with E-state index in [0.717, 1.165) is 34.1 Å². The normalized spacial score (nSPS) is 13.4. The van der Waals surface area contributed by atoms with Crippen molar-refractivity contribution in [2.75, 3.05) is 5.43 Å². The molecule has 2 aromatic rings. The predicted molar refractivity (Wildman–Crippen MR) is 75.3 cm³/mol. The second-order valence-corrected chi connectivity index (χ2v) is 5.39. The molecule has 92 valence electrons. The number of nitrogens with one attached hydrogen (secondary N) is 1. The second kappa shape index (κ2) is 4.76. The summed E-state index contributed by atoms with van der Waals surface area (Å²) in [4.78, 5) is 9.05. The molecule has 1 aliphatic heterocycles. The average molecular weight is 279 g/mol. The van der Waals surface area contributed by atoms with Crippen molar-refractivity contribution in [2.24, 2.45) is 5.84 Å². The number of thioether (sulfide) groups is 1. The summed E-state index contributed by atoms with van der Waals surface area (Å²) in [6, 6.07) is 7.48. The minimum Gasteiger partial charge on any atom is -0.308 e. The molecule has 0 bridgehead atoms. The SMILES string of the molecule is NNc1nc(-c2ccc(Cl)cc2)nc2c1CSC2. The fourth-order valence-electron chi connectivity index (χ4n) is 1.90. The van der Waals surface area contributed by atoms with Crippen LogP contribution in [0.2, 0.25) is 5.02 Å². The molecule has 0 radical (unpaired) electrons. The minimum atomic E-state index is 0.681. The monoisotopic (exact) mass is 278 g/mol. The lowest BCUT2D eigenvalue weighted by molar-refractivity contribution is 1.06. The standard InChI is InChI=1S/C12H11ClN4S/c13-8-3-1-7(2-4-8)11-15-10-6-18-5-9(10)12(16-11)17-14/h1-4H,5-6,14H2,(H,15,16,17). The average Bonchev–Trinajstić information content (AvgIpc) is 2.86. The Labute approximate surface area is 114 Å². The van der Waals surface area contributed by atoms with Crippen LogP contribution < -0.4 is 11.3 Å². The number of hydrazine groups is 1. The molecule has 3 N–H and O–H groups in total. The van der Waals surface area contributed by atoms with E-state index in [0.29, 0.717) is 10.8 Å². The van der Waals surface area contributed by atoms with Crippen molar-refractivity contribution in [3.8, 4) is 11.4 Å². The van der Waals surface area contributed by atoms with E-state index in [1.165, 1.54) is 0 Å². The van der Waals surface area contributed by atoms with Crippen molar-refractivity contribution in [3.63, 3.8) is 0 Å². The summed E-state index contributed by atoms with van der Waals surface area (Å²) in [5, 5.41) is 0.702. The first-order valence-electron chi connectivity index (χ1n) is 5.48. The molecular formula is C12H11ClN4S. The first kappa shape index (κ1) is 11.8. The number of nitrogens with two attached hydrogens (primary N) is 1. The molecule has 0 atom stereocenters. The zero-order valence-electron chi connectivity index (χ0n) is 9.48. The first-order chi connectivity index (χ1) is 8.78. The van der Waals surface area contributed by atoms with Gasteiger partial charge in [-0.05, 0) is 24.3 Å². The smallest absolute Gasteiger partial charge is 0.161 e. The van der Waals surface area contributed by atoms with Gasteiger partial charge in [-0.15, -0.1) is 0 Å². The Balaban J connectivity index is 2.10. The van der Waals surface area contributed by atoms with Gasteiger partial charge in [-0.2, -0.15) is 11.8 Å². The van der Waals surface area contributed by atoms with Crippen LogP contribution in [0.5, 0.6) is 0 Å². The van der Waals surface area contributed by atoms with Gasteiger partial charge >= 0.3 is 0 Å². The maximum absolute atomic E-state index is 5.87. The van der Waals surface area contributed by atoms with Gasteiger partial charge in [0.2, 0.25) is 0 Å². The van der Waals surface area contributed by atoms with Crippen LogP contribution >= 0.6 is 23.4 Å². The zero-order chi connectivity index (χ0) is 12.5. The van der Waals surface area contributed by atoms with Crippen molar-refractivity contribution in [1.29, 1.82) is 0 Å². The fourth-order valence-corrected chi connectivity index (χ4v) is 3.07. The van der Waals surface area contributed by atoms with E-state index >= 15 is 0 Å². The van der Waals surface area contributed by atoms with Crippen LogP contribution in [0.1, 0.15) is 11.3 Å². The number of fused-ring (bicyclic) bond motifs is 1. The number of nitrogen functional groups attached to an aromatic ring is 1. The van der Waals surface area contributed by atoms with Crippen LogP contribution in [0.25, 0.3) is 11.4 Å². The summed E-state index contributed by atoms with van der Waals surface area (Å²) in [7, 11) is 0. The van der Waals surface area contributed by atoms with Gasteiger partial charge in [0.15, 0.2) is 5.82 Å². The van der Waals surface area contributed by atoms with Crippen molar-refractivity contribution >= 4 is 29.2 Å². The summed E-state index contributed by atoms with van der Waals surface area (Å²) < 4.78 is 0. The zero-order valence-corrected chi connectivity index (χ0v) is 11.1. The molecule has 3 rings (SSSR count). The lowest BCUT2D eigenvalue weighted by atomic mass is 10.2. The van der Waals surface area contributed by atoms with Gasteiger partial charge in [-0.3, -0.25) is 0 Å². The van der Waals surface area contributed by atoms with E-state index in [1.54, 1.807) is 0 Å². The van der Waals surface area contributed by atoms with Crippen molar-refractivity contribution in [2.45, 2.75) is 11.5 Å². The quantitative estimate of drug-likeness (QED) is 0.653. The van der Waals surface area contributed by atoms with Crippen molar-refractivity contribution in [3.05, 3.63) is 40.5 Å². The molecule has 0 amide bonds. The Morgan fingerprint density at radius 1 is 1.17 bits per heavy atom. The van der Waals surface area contributed by atoms with Crippen molar-refractivity contribution in [1.82, 2.24) is 9.97 Å². The Morgan fingerprint density at radius 3 is 2.67 bits per heavy atom. The predicted octanol–water partition coefficient (Wildman–Crippen LogP) is 2.83. The lowest BCUT2D eigenvalue weighted by Gasteiger charge is -2.08. The van der Waals surface area contributed by atoms with Gasteiger partial charge in [0.1, 0.15) is 5.82 Å². The van der Waals surface area contributed by atoms with Gasteiger partial charge in [0, 0.05) is 27.7 Å². The Hall–Kier alpha value is -1.30. The van der Waals surface area contributed by atoms with E-state index in [9.17, 15) is 0 Å². The summed E-state index contributed by atoms with van der Waals surface area (Å²) in [5.41, 5.74) is 5.77. The number of rotatable bonds is 2. The highest BCUT2D eigenvalue weighted by Crippen LogP contribution is 2.34. The molecule has 6 heteroatoms. The highest BCUT2D eigenvalue weighted by atomic mass is 35.5. The van der Waals surface area contributed by atoms with Gasteiger partial charge in [0.25, 0.3) is 0 Å². The van der Waals surface area contributed by atoms with Gasteiger partial charge in [0.05, 0.1) is 5.69 Å². The molecule has 0 aliphatic carbocycles. The maximum atomic E-state index is 5.87. The summed E-state index contributed by atoms with van der Waals surface area (Å²) >= 11 is 7.69. The van der Waals surface area contributed by atoms with Crippen LogP contribution in [-0.4, -0.2) is 9.97 Å². The lowest BCUT2D eigenvalue weighted by Crippen LogP contribution is -2.12. The minimum absolute atomic E-state index is 0.681. The first-order valence-corrected chi connectivity index (χ1v) is 7.01. The molecule has 1 aromatic carbocycles. The number of hydrogen-bond donors (Lipinski definition) is 2. The number of aromatic nitrogens is 2. The van der Waals surface area contributed by atoms with Gasteiger partial charge in [-0.25, -0.2) is 15.8 Å². The van der Waals surface area contributed by atoms with Crippen LogP contribution in [0, 0.1) is 0 Å².